The fourth-order valence-corrected chi connectivity index (χ4v) is 5.41. The second-order valence-corrected chi connectivity index (χ2v) is 8.38. The van der Waals surface area contributed by atoms with Gasteiger partial charge < -0.3 is 15.1 Å². The quantitative estimate of drug-likeness (QED) is 0.818. The normalized spacial score (nSPS) is 33.5. The lowest BCUT2D eigenvalue weighted by molar-refractivity contribution is 0.0179. The molecule has 0 radical (unpaired) electrons. The van der Waals surface area contributed by atoms with E-state index in [9.17, 15) is 9.59 Å². The van der Waals surface area contributed by atoms with Gasteiger partial charge in [-0.1, -0.05) is 30.3 Å². The molecule has 1 amide bonds. The van der Waals surface area contributed by atoms with Crippen molar-refractivity contribution in [3.63, 3.8) is 0 Å². The minimum absolute atomic E-state index is 0.0482. The van der Waals surface area contributed by atoms with Gasteiger partial charge in [0.05, 0.1) is 0 Å². The minimum Gasteiger partial charge on any atom is -0.347 e. The van der Waals surface area contributed by atoms with Gasteiger partial charge in [-0.05, 0) is 11.6 Å². The molecule has 3 unspecified atom stereocenters. The van der Waals surface area contributed by atoms with Gasteiger partial charge in [-0.15, -0.1) is 0 Å². The number of rotatable bonds is 3. The average molecular weight is 379 g/mol. The van der Waals surface area contributed by atoms with E-state index in [1.165, 1.54) is 22.4 Å². The first-order valence-electron chi connectivity index (χ1n) is 9.91. The summed E-state index contributed by atoms with van der Waals surface area (Å²) in [5, 5.41) is 7.46. The van der Waals surface area contributed by atoms with Gasteiger partial charge in [0.15, 0.2) is 0 Å². The van der Waals surface area contributed by atoms with Crippen LogP contribution in [0, 0.1) is 5.92 Å². The molecular weight excluding hydrogens is 354 g/mol. The monoisotopic (exact) mass is 379 g/mol. The van der Waals surface area contributed by atoms with Crippen LogP contribution in [0.25, 0.3) is 0 Å². The van der Waals surface area contributed by atoms with Gasteiger partial charge >= 0.3 is 0 Å². The highest BCUT2D eigenvalue weighted by atomic mass is 16.2. The van der Waals surface area contributed by atoms with Crippen LogP contribution in [0.4, 0.5) is 0 Å². The zero-order valence-corrected chi connectivity index (χ0v) is 16.0. The first-order chi connectivity index (χ1) is 13.5. The van der Waals surface area contributed by atoms with E-state index in [4.69, 9.17) is 0 Å². The van der Waals surface area contributed by atoms with E-state index >= 15 is 0 Å². The molecule has 4 aliphatic rings. The number of fused-ring (bicyclic) bond motifs is 1. The lowest BCUT2D eigenvalue weighted by atomic mass is 9.64. The molecule has 1 N–H and O–H groups in total. The first kappa shape index (κ1) is 17.6. The van der Waals surface area contributed by atoms with Crippen LogP contribution >= 0.6 is 0 Å². The summed E-state index contributed by atoms with van der Waals surface area (Å²) in [5.41, 5.74) is 1.23. The number of benzene rings is 1. The SMILES string of the molecule is Cn1nc(C(=O)NC2C3CN4CCN(C3)CC2(c2ccccc2)C4)ccc1=O. The highest BCUT2D eigenvalue weighted by molar-refractivity contribution is 5.92. The second kappa shape index (κ2) is 6.53. The molecule has 1 aromatic heterocycles. The Morgan fingerprint density at radius 2 is 1.75 bits per heavy atom. The van der Waals surface area contributed by atoms with Crippen molar-refractivity contribution in [2.45, 2.75) is 11.5 Å². The highest BCUT2D eigenvalue weighted by Crippen LogP contribution is 2.43. The molecule has 0 spiro atoms. The third-order valence-electron chi connectivity index (χ3n) is 6.62. The molecule has 4 fully saturated rings. The van der Waals surface area contributed by atoms with Crippen LogP contribution in [0.2, 0.25) is 0 Å². The van der Waals surface area contributed by atoms with E-state index in [2.05, 4.69) is 44.5 Å². The first-order valence-corrected chi connectivity index (χ1v) is 9.91. The summed E-state index contributed by atoms with van der Waals surface area (Å²) in [5.74, 6) is 0.175. The highest BCUT2D eigenvalue weighted by Gasteiger charge is 2.55. The van der Waals surface area contributed by atoms with Crippen molar-refractivity contribution >= 4 is 5.91 Å². The zero-order chi connectivity index (χ0) is 19.3. The predicted molar refractivity (Wildman–Crippen MR) is 105 cm³/mol. The Morgan fingerprint density at radius 3 is 2.39 bits per heavy atom. The summed E-state index contributed by atoms with van der Waals surface area (Å²) in [4.78, 5) is 29.8. The summed E-state index contributed by atoms with van der Waals surface area (Å²) < 4.78 is 1.21. The van der Waals surface area contributed by atoms with E-state index in [1.54, 1.807) is 7.05 Å². The van der Waals surface area contributed by atoms with Crippen molar-refractivity contribution in [2.24, 2.45) is 13.0 Å². The molecule has 5 heterocycles. The topological polar surface area (TPSA) is 70.5 Å². The van der Waals surface area contributed by atoms with Crippen molar-refractivity contribution in [1.82, 2.24) is 24.9 Å². The number of carbonyl (C=O) groups excluding carboxylic acids is 1. The van der Waals surface area contributed by atoms with Crippen molar-refractivity contribution in [2.75, 3.05) is 39.3 Å². The predicted octanol–water partition coefficient (Wildman–Crippen LogP) is 0.0777. The molecule has 7 nitrogen and oxygen atoms in total. The van der Waals surface area contributed by atoms with Crippen LogP contribution < -0.4 is 10.9 Å². The Labute approximate surface area is 163 Å². The summed E-state index contributed by atoms with van der Waals surface area (Å²) in [6, 6.07) is 13.6. The standard InChI is InChI=1S/C21H25N5O2/c1-24-18(27)8-7-17(23-24)20(28)22-19-15-11-25-9-10-26(12-15)14-21(19,13-25)16-5-3-2-4-6-16/h2-8,15,19H,9-14H2,1H3,(H,22,28). The number of hydrogen-bond donors (Lipinski definition) is 1. The van der Waals surface area contributed by atoms with Crippen LogP contribution in [0.15, 0.2) is 47.3 Å². The van der Waals surface area contributed by atoms with Gasteiger partial charge in [0, 0.05) is 69.8 Å². The van der Waals surface area contributed by atoms with Crippen LogP contribution in [0.5, 0.6) is 0 Å². The maximum absolute atomic E-state index is 13.0. The number of nitrogens with one attached hydrogen (secondary N) is 1. The number of carbonyl (C=O) groups is 1. The Kier molecular flexibility index (Phi) is 4.10. The van der Waals surface area contributed by atoms with Crippen molar-refractivity contribution in [3.05, 3.63) is 64.1 Å². The average Bonchev–Trinajstić information content (AvgIpc) is 2.95. The molecule has 146 valence electrons. The largest absolute Gasteiger partial charge is 0.347 e. The molecule has 2 aromatic rings. The van der Waals surface area contributed by atoms with Gasteiger partial charge in [0.1, 0.15) is 5.69 Å². The van der Waals surface area contributed by atoms with E-state index in [0.29, 0.717) is 5.92 Å². The second-order valence-electron chi connectivity index (χ2n) is 8.38. The molecule has 6 rings (SSSR count). The summed E-state index contributed by atoms with van der Waals surface area (Å²) in [6.07, 6.45) is 0. The molecule has 3 atom stereocenters. The van der Waals surface area contributed by atoms with Crippen molar-refractivity contribution in [1.29, 1.82) is 0 Å². The van der Waals surface area contributed by atoms with Crippen molar-refractivity contribution < 1.29 is 4.79 Å². The summed E-state index contributed by atoms with van der Waals surface area (Å²) in [7, 11) is 1.57. The minimum atomic E-state index is -0.219. The number of amides is 1. The number of hydrogen-bond acceptors (Lipinski definition) is 5. The number of aryl methyl sites for hydroxylation is 1. The molecule has 4 bridgehead atoms. The van der Waals surface area contributed by atoms with Crippen LogP contribution in [0.3, 0.4) is 0 Å². The number of aromatic nitrogens is 2. The van der Waals surface area contributed by atoms with Crippen LogP contribution in [0.1, 0.15) is 16.1 Å². The maximum Gasteiger partial charge on any atom is 0.271 e. The molecule has 4 saturated heterocycles. The third-order valence-corrected chi connectivity index (χ3v) is 6.62. The van der Waals surface area contributed by atoms with Crippen LogP contribution in [-0.4, -0.2) is 70.8 Å². The zero-order valence-electron chi connectivity index (χ0n) is 16.0. The molecule has 1 aromatic carbocycles. The van der Waals surface area contributed by atoms with Gasteiger partial charge in [0.25, 0.3) is 11.5 Å². The summed E-state index contributed by atoms with van der Waals surface area (Å²) >= 11 is 0. The Balaban J connectivity index is 1.52. The molecule has 4 aliphatic heterocycles. The fourth-order valence-electron chi connectivity index (χ4n) is 5.41. The van der Waals surface area contributed by atoms with E-state index in [1.807, 2.05) is 6.07 Å². The molecule has 28 heavy (non-hydrogen) atoms. The molecule has 0 saturated carbocycles. The Bertz CT molecular complexity index is 941. The van der Waals surface area contributed by atoms with Crippen molar-refractivity contribution in [3.8, 4) is 0 Å². The van der Waals surface area contributed by atoms with Gasteiger partial charge in [-0.3, -0.25) is 9.59 Å². The van der Waals surface area contributed by atoms with E-state index in [0.717, 1.165) is 39.3 Å². The van der Waals surface area contributed by atoms with Crippen LogP contribution in [-0.2, 0) is 12.5 Å². The number of nitrogens with zero attached hydrogens (tertiary/aromatic N) is 4. The smallest absolute Gasteiger partial charge is 0.271 e. The Morgan fingerprint density at radius 1 is 1.07 bits per heavy atom. The van der Waals surface area contributed by atoms with Gasteiger partial charge in [-0.25, -0.2) is 4.68 Å². The summed E-state index contributed by atoms with van der Waals surface area (Å²) in [6.45, 7) is 6.11. The Hall–Kier alpha value is -2.51. The van der Waals surface area contributed by atoms with Gasteiger partial charge in [-0.2, -0.15) is 5.10 Å². The molecule has 7 heteroatoms. The lowest BCUT2D eigenvalue weighted by Gasteiger charge is -2.55. The van der Waals surface area contributed by atoms with Gasteiger partial charge in [0.2, 0.25) is 0 Å². The maximum atomic E-state index is 13.0. The third kappa shape index (κ3) is 2.77. The lowest BCUT2D eigenvalue weighted by Crippen LogP contribution is -2.70. The fraction of sp³-hybridized carbons (Fsp3) is 0.476. The van der Waals surface area contributed by atoms with E-state index in [-0.39, 0.29) is 28.6 Å². The number of piperidine rings is 2. The molecule has 0 aliphatic carbocycles. The van der Waals surface area contributed by atoms with E-state index < -0.39 is 0 Å². The molecular formula is C21H25N5O2.